The van der Waals surface area contributed by atoms with Crippen LogP contribution < -0.4 is 10.3 Å². The molecule has 2 aliphatic carbocycles. The number of benzene rings is 1. The van der Waals surface area contributed by atoms with Crippen LogP contribution >= 0.6 is 0 Å². The van der Waals surface area contributed by atoms with Crippen molar-refractivity contribution in [1.82, 2.24) is 9.55 Å². The van der Waals surface area contributed by atoms with Crippen LogP contribution in [-0.2, 0) is 16.8 Å². The van der Waals surface area contributed by atoms with E-state index in [-0.39, 0.29) is 42.6 Å². The topological polar surface area (TPSA) is 87.9 Å². The Morgan fingerprint density at radius 2 is 1.82 bits per heavy atom. The van der Waals surface area contributed by atoms with Crippen LogP contribution in [0.15, 0.2) is 46.3 Å². The molecule has 2 N–H and O–H groups in total. The van der Waals surface area contributed by atoms with Gasteiger partial charge in [-0.3, -0.25) is 4.79 Å². The summed E-state index contributed by atoms with van der Waals surface area (Å²) in [6, 6.07) is 6.94. The van der Waals surface area contributed by atoms with Crippen molar-refractivity contribution in [3.63, 3.8) is 0 Å². The van der Waals surface area contributed by atoms with Crippen molar-refractivity contribution >= 4 is 20.6 Å². The number of rotatable bonds is 5. The second-order valence-electron chi connectivity index (χ2n) is 9.56. The van der Waals surface area contributed by atoms with Gasteiger partial charge in [0.25, 0.3) is 5.56 Å². The fraction of sp³-hybridized carbons (Fsp3) is 0.480. The van der Waals surface area contributed by atoms with Gasteiger partial charge in [0.1, 0.15) is 11.3 Å². The summed E-state index contributed by atoms with van der Waals surface area (Å²) in [5.41, 5.74) is 1.59. The lowest BCUT2D eigenvalue weighted by molar-refractivity contribution is -0.0581. The first kappa shape index (κ1) is 23.1. The summed E-state index contributed by atoms with van der Waals surface area (Å²) < 4.78 is 57.4. The maximum atomic E-state index is 13.7. The van der Waals surface area contributed by atoms with E-state index in [1.807, 2.05) is 0 Å². The fourth-order valence-corrected chi connectivity index (χ4v) is 7.16. The maximum absolute atomic E-state index is 13.7. The molecule has 2 aromatic heterocycles. The molecule has 1 atom stereocenters. The van der Waals surface area contributed by atoms with Crippen molar-refractivity contribution in [2.75, 3.05) is 0 Å². The molecule has 2 aliphatic rings. The number of nitrogens with zero attached hydrogens (tertiary/aromatic N) is 1. The smallest absolute Gasteiger partial charge is 0.274 e. The molecule has 0 amide bonds. The molecule has 5 rings (SSSR count). The minimum absolute atomic E-state index is 0.174. The van der Waals surface area contributed by atoms with E-state index >= 15 is 0 Å². The summed E-state index contributed by atoms with van der Waals surface area (Å²) in [4.78, 5) is 16.0. The number of fused-ring (bicyclic) bond motifs is 1. The molecule has 1 unspecified atom stereocenters. The maximum Gasteiger partial charge on any atom is 0.274 e. The predicted octanol–water partition coefficient (Wildman–Crippen LogP) is 5.84. The Labute approximate surface area is 197 Å². The molecule has 2 heterocycles. The van der Waals surface area contributed by atoms with Crippen molar-refractivity contribution in [1.29, 1.82) is 4.78 Å². The molecule has 3 aromatic rings. The molecule has 0 aliphatic heterocycles. The van der Waals surface area contributed by atoms with Crippen LogP contribution in [0, 0.1) is 4.78 Å². The van der Waals surface area contributed by atoms with Crippen molar-refractivity contribution < 1.29 is 17.7 Å². The Balaban J connectivity index is 1.62. The third-order valence-electron chi connectivity index (χ3n) is 7.21. The number of aromatic nitrogens is 2. The fourth-order valence-electron chi connectivity index (χ4n) is 5.22. The van der Waals surface area contributed by atoms with E-state index in [0.29, 0.717) is 32.7 Å². The average molecular weight is 490 g/mol. The monoisotopic (exact) mass is 489 g/mol. The van der Waals surface area contributed by atoms with Crippen LogP contribution in [0.25, 0.3) is 22.0 Å². The lowest BCUT2D eigenvalue weighted by Crippen LogP contribution is -2.30. The minimum atomic E-state index is -3.02. The highest BCUT2D eigenvalue weighted by atomic mass is 32.2. The van der Waals surface area contributed by atoms with Gasteiger partial charge in [-0.25, -0.2) is 17.8 Å². The second-order valence-corrected chi connectivity index (χ2v) is 11.9. The molecule has 0 spiro atoms. The summed E-state index contributed by atoms with van der Waals surface area (Å²) in [7, 11) is -1.37. The van der Waals surface area contributed by atoms with Gasteiger partial charge in [0, 0.05) is 58.9 Å². The highest BCUT2D eigenvalue weighted by Crippen LogP contribution is 2.41. The van der Waals surface area contributed by atoms with E-state index in [1.54, 1.807) is 43.7 Å². The largest absolute Gasteiger partial charge is 0.490 e. The highest BCUT2D eigenvalue weighted by Gasteiger charge is 2.36. The SMILES string of the molecule is Cn1cc(-c2cc(S(=N)(=O)C3CCCC3)ccc2OC2CCC(F)(F)CC2)c2cc[nH]c2c1=O. The molecule has 182 valence electrons. The van der Waals surface area contributed by atoms with Crippen molar-refractivity contribution in [2.45, 2.75) is 73.5 Å². The minimum Gasteiger partial charge on any atom is -0.490 e. The molecular formula is C25H29F2N3O3S. The van der Waals surface area contributed by atoms with Gasteiger partial charge in [0.2, 0.25) is 5.92 Å². The molecule has 2 fully saturated rings. The summed E-state index contributed by atoms with van der Waals surface area (Å²) in [6.07, 6.45) is 6.62. The third-order valence-corrected chi connectivity index (χ3v) is 9.58. The zero-order chi connectivity index (χ0) is 24.1. The lowest BCUT2D eigenvalue weighted by Gasteiger charge is -2.29. The summed E-state index contributed by atoms with van der Waals surface area (Å²) in [5, 5.41) is 0.512. The number of H-pyrrole nitrogens is 1. The van der Waals surface area contributed by atoms with E-state index in [9.17, 15) is 17.8 Å². The van der Waals surface area contributed by atoms with Gasteiger partial charge in [0.05, 0.1) is 15.8 Å². The summed E-state index contributed by atoms with van der Waals surface area (Å²) in [6.45, 7) is 0. The Bertz CT molecular complexity index is 1380. The molecule has 0 saturated heterocycles. The van der Waals surface area contributed by atoms with Gasteiger partial charge < -0.3 is 14.3 Å². The average Bonchev–Trinajstić information content (AvgIpc) is 3.51. The van der Waals surface area contributed by atoms with Gasteiger partial charge in [-0.15, -0.1) is 0 Å². The zero-order valence-electron chi connectivity index (χ0n) is 19.1. The van der Waals surface area contributed by atoms with E-state index < -0.39 is 15.7 Å². The van der Waals surface area contributed by atoms with Gasteiger partial charge in [-0.2, -0.15) is 0 Å². The van der Waals surface area contributed by atoms with Gasteiger partial charge in [0.15, 0.2) is 0 Å². The van der Waals surface area contributed by atoms with Crippen molar-refractivity contribution in [3.8, 4) is 16.9 Å². The van der Waals surface area contributed by atoms with E-state index in [0.717, 1.165) is 25.7 Å². The number of nitrogens with one attached hydrogen (secondary N) is 2. The molecule has 0 radical (unpaired) electrons. The molecule has 9 heteroatoms. The van der Waals surface area contributed by atoms with Crippen LogP contribution in [0.4, 0.5) is 8.78 Å². The summed E-state index contributed by atoms with van der Waals surface area (Å²) >= 11 is 0. The van der Waals surface area contributed by atoms with Crippen LogP contribution in [0.1, 0.15) is 51.4 Å². The van der Waals surface area contributed by atoms with Gasteiger partial charge >= 0.3 is 0 Å². The van der Waals surface area contributed by atoms with Gasteiger partial charge in [-0.05, 0) is 49.9 Å². The van der Waals surface area contributed by atoms with Crippen LogP contribution in [-0.4, -0.2) is 31.0 Å². The molecule has 1 aromatic carbocycles. The quantitative estimate of drug-likeness (QED) is 0.472. The Hall–Kier alpha value is -2.68. The second kappa shape index (κ2) is 8.52. The summed E-state index contributed by atoms with van der Waals surface area (Å²) in [5.74, 6) is -2.17. The normalized spacial score (nSPS) is 21.0. The first-order valence-electron chi connectivity index (χ1n) is 11.8. The first-order chi connectivity index (χ1) is 16.2. The van der Waals surface area contributed by atoms with E-state index in [4.69, 9.17) is 9.52 Å². The van der Waals surface area contributed by atoms with Crippen molar-refractivity contribution in [3.05, 3.63) is 47.0 Å². The predicted molar refractivity (Wildman–Crippen MR) is 128 cm³/mol. The van der Waals surface area contributed by atoms with Crippen molar-refractivity contribution in [2.24, 2.45) is 7.05 Å². The van der Waals surface area contributed by atoms with E-state index in [2.05, 4.69) is 4.98 Å². The van der Waals surface area contributed by atoms with Gasteiger partial charge in [-0.1, -0.05) is 12.8 Å². The molecule has 2 saturated carbocycles. The number of aromatic amines is 1. The molecular weight excluding hydrogens is 460 g/mol. The standard InChI is InChI=1S/C25H29F2N3O3S/c1-30-15-21(19-10-13-29-23(19)24(30)31)20-14-18(34(28,32)17-4-2-3-5-17)6-7-22(20)33-16-8-11-25(26,27)12-9-16/h6-7,10,13-17,28-29H,2-5,8-9,11-12H2,1H3. The number of halogens is 2. The molecule has 0 bridgehead atoms. The number of pyridine rings is 1. The van der Waals surface area contributed by atoms with Crippen LogP contribution in [0.5, 0.6) is 5.75 Å². The third kappa shape index (κ3) is 4.15. The molecule has 6 nitrogen and oxygen atoms in total. The first-order valence-corrected chi connectivity index (χ1v) is 13.4. The van der Waals surface area contributed by atoms with E-state index in [1.165, 1.54) is 4.57 Å². The Morgan fingerprint density at radius 1 is 1.12 bits per heavy atom. The number of alkyl halides is 2. The Kier molecular flexibility index (Phi) is 5.78. The zero-order valence-corrected chi connectivity index (χ0v) is 19.9. The van der Waals surface area contributed by atoms with Crippen LogP contribution in [0.3, 0.4) is 0 Å². The number of hydrogen-bond donors (Lipinski definition) is 2. The lowest BCUT2D eigenvalue weighted by atomic mass is 9.94. The Morgan fingerprint density at radius 3 is 2.53 bits per heavy atom. The highest BCUT2D eigenvalue weighted by molar-refractivity contribution is 7.93. The number of ether oxygens (including phenoxy) is 1. The molecule has 34 heavy (non-hydrogen) atoms. The number of aryl methyl sites for hydroxylation is 1. The number of hydrogen-bond acceptors (Lipinski definition) is 4. The van der Waals surface area contributed by atoms with Crippen LogP contribution in [0.2, 0.25) is 0 Å².